The number of nitrogens with zero attached hydrogens (tertiary/aromatic N) is 5. The van der Waals surface area contributed by atoms with Gasteiger partial charge in [0.15, 0.2) is 0 Å². The number of amides is 1. The van der Waals surface area contributed by atoms with Gasteiger partial charge in [-0.3, -0.25) is 35.1 Å². The van der Waals surface area contributed by atoms with Gasteiger partial charge in [0.1, 0.15) is 6.29 Å². The molecule has 0 spiro atoms. The summed E-state index contributed by atoms with van der Waals surface area (Å²) in [6.45, 7) is 2.10. The number of carbonyl (C=O) groups is 2. The van der Waals surface area contributed by atoms with E-state index in [1.54, 1.807) is 0 Å². The Hall–Kier alpha value is -4.46. The van der Waals surface area contributed by atoms with Crippen LogP contribution < -0.4 is 0 Å². The smallest absolute Gasteiger partial charge is 0.324 e. The highest BCUT2D eigenvalue weighted by Gasteiger charge is 2.37. The predicted octanol–water partition coefficient (Wildman–Crippen LogP) is 2.81. The highest BCUT2D eigenvalue weighted by atomic mass is 16.6. The van der Waals surface area contributed by atoms with Gasteiger partial charge in [-0.1, -0.05) is 30.3 Å². The van der Waals surface area contributed by atoms with Crippen molar-refractivity contribution in [2.75, 3.05) is 33.7 Å². The molecule has 1 fully saturated rings. The third kappa shape index (κ3) is 7.27. The Morgan fingerprint density at radius 2 is 1.51 bits per heavy atom. The molecule has 0 bridgehead atoms. The number of rotatable bonds is 8. The fraction of sp³-hybridized carbons (Fsp3) is 0.391. The Morgan fingerprint density at radius 3 is 1.92 bits per heavy atom. The number of nitro benzene ring substituents is 3. The fourth-order valence-electron chi connectivity index (χ4n) is 3.85. The molecule has 0 aromatic heterocycles. The van der Waals surface area contributed by atoms with Crippen LogP contribution in [-0.4, -0.2) is 75.6 Å². The lowest BCUT2D eigenvalue weighted by Crippen LogP contribution is -2.46. The van der Waals surface area contributed by atoms with Crippen molar-refractivity contribution in [3.05, 3.63) is 78.4 Å². The zero-order valence-corrected chi connectivity index (χ0v) is 20.3. The van der Waals surface area contributed by atoms with Gasteiger partial charge in [-0.15, -0.1) is 0 Å². The molecule has 14 nitrogen and oxygen atoms in total. The van der Waals surface area contributed by atoms with Crippen LogP contribution in [0.3, 0.4) is 0 Å². The molecule has 0 aliphatic carbocycles. The first-order chi connectivity index (χ1) is 17.4. The zero-order chi connectivity index (χ0) is 27.8. The average molecular weight is 517 g/mol. The van der Waals surface area contributed by atoms with E-state index in [0.29, 0.717) is 44.5 Å². The van der Waals surface area contributed by atoms with Crippen LogP contribution in [0.5, 0.6) is 5.75 Å². The van der Waals surface area contributed by atoms with Gasteiger partial charge in [-0.05, 0) is 32.5 Å². The summed E-state index contributed by atoms with van der Waals surface area (Å²) in [5.74, 6) is -1.02. The summed E-state index contributed by atoms with van der Waals surface area (Å²) in [5, 5.41) is 40.2. The Kier molecular flexibility index (Phi) is 9.71. The Morgan fingerprint density at radius 1 is 1.00 bits per heavy atom. The van der Waals surface area contributed by atoms with Crippen LogP contribution >= 0.6 is 0 Å². The van der Waals surface area contributed by atoms with Crippen molar-refractivity contribution >= 4 is 29.3 Å². The topological polar surface area (TPSA) is 190 Å². The highest BCUT2D eigenvalue weighted by Crippen LogP contribution is 2.39. The minimum absolute atomic E-state index is 0.191. The molecule has 1 saturated heterocycles. The molecule has 2 aromatic carbocycles. The monoisotopic (exact) mass is 517 g/mol. The summed E-state index contributed by atoms with van der Waals surface area (Å²) < 4.78 is 0. The van der Waals surface area contributed by atoms with E-state index in [4.69, 9.17) is 5.11 Å². The van der Waals surface area contributed by atoms with E-state index in [0.717, 1.165) is 18.4 Å². The van der Waals surface area contributed by atoms with Crippen molar-refractivity contribution in [2.45, 2.75) is 24.7 Å². The Balaban J connectivity index is 0.000000271. The summed E-state index contributed by atoms with van der Waals surface area (Å²) in [4.78, 5) is 55.5. The molecule has 0 saturated carbocycles. The largest absolute Gasteiger partial charge is 0.497 e. The maximum atomic E-state index is 12.1. The summed E-state index contributed by atoms with van der Waals surface area (Å²) in [6, 6.07) is 10.8. The third-order valence-corrected chi connectivity index (χ3v) is 6.01. The summed E-state index contributed by atoms with van der Waals surface area (Å²) in [6.07, 6.45) is 3.05. The second-order valence-corrected chi connectivity index (χ2v) is 8.68. The van der Waals surface area contributed by atoms with Gasteiger partial charge in [0, 0.05) is 26.1 Å². The van der Waals surface area contributed by atoms with E-state index in [2.05, 4.69) is 0 Å². The van der Waals surface area contributed by atoms with Crippen molar-refractivity contribution in [1.82, 2.24) is 9.80 Å². The molecule has 1 N–H and O–H groups in total. The third-order valence-electron chi connectivity index (χ3n) is 6.01. The number of nitro groups is 3. The van der Waals surface area contributed by atoms with Crippen molar-refractivity contribution in [1.29, 1.82) is 0 Å². The predicted molar refractivity (Wildman–Crippen MR) is 131 cm³/mol. The molecule has 1 heterocycles. The van der Waals surface area contributed by atoms with E-state index >= 15 is 0 Å². The first kappa shape index (κ1) is 28.8. The number of non-ortho nitro benzene ring substituents is 1. The van der Waals surface area contributed by atoms with Gasteiger partial charge < -0.3 is 19.7 Å². The van der Waals surface area contributed by atoms with Gasteiger partial charge >= 0.3 is 11.4 Å². The Bertz CT molecular complexity index is 1130. The first-order valence-electron chi connectivity index (χ1n) is 11.2. The second kappa shape index (κ2) is 12.5. The number of aromatic hydroxyl groups is 1. The minimum Gasteiger partial charge on any atom is -0.497 e. The Labute approximate surface area is 211 Å². The van der Waals surface area contributed by atoms with Crippen LogP contribution in [0.1, 0.15) is 24.8 Å². The number of hydrogen-bond acceptors (Lipinski definition) is 10. The lowest BCUT2D eigenvalue weighted by Gasteiger charge is -2.38. The lowest BCUT2D eigenvalue weighted by atomic mass is 9.74. The van der Waals surface area contributed by atoms with Gasteiger partial charge in [-0.2, -0.15) is 0 Å². The number of carbonyl (C=O) groups excluding carboxylic acids is 2. The molecule has 0 unspecified atom stereocenters. The highest BCUT2D eigenvalue weighted by molar-refractivity contribution is 5.77. The van der Waals surface area contributed by atoms with Crippen LogP contribution in [0.15, 0.2) is 42.5 Å². The minimum atomic E-state index is -1.21. The number of likely N-dealkylation sites (tertiary alicyclic amines) is 1. The summed E-state index contributed by atoms with van der Waals surface area (Å²) in [7, 11) is 3.94. The molecule has 0 radical (unpaired) electrons. The molecule has 198 valence electrons. The molecular weight excluding hydrogens is 490 g/mol. The molecule has 37 heavy (non-hydrogen) atoms. The van der Waals surface area contributed by atoms with Gasteiger partial charge in [0.2, 0.25) is 5.91 Å². The molecule has 1 aliphatic heterocycles. The molecule has 2 aromatic rings. The van der Waals surface area contributed by atoms with E-state index < -0.39 is 43.0 Å². The van der Waals surface area contributed by atoms with Gasteiger partial charge in [0.25, 0.3) is 11.4 Å². The van der Waals surface area contributed by atoms with E-state index in [-0.39, 0.29) is 5.91 Å². The van der Waals surface area contributed by atoms with Gasteiger partial charge in [-0.25, -0.2) is 0 Å². The molecule has 3 rings (SSSR count). The first-order valence-corrected chi connectivity index (χ1v) is 11.2. The molecule has 14 heteroatoms. The number of hydrogen-bond donors (Lipinski definition) is 1. The SMILES string of the molecule is CN(C)CCC(=O)N1CCC(C=O)(c2ccccc2)CC1.O=[N+]([O-])c1cc([N+](=O)[O-])c(O)c([N+](=O)[O-])c1. The van der Waals surface area contributed by atoms with Crippen molar-refractivity contribution in [3.8, 4) is 5.75 Å². The van der Waals surface area contributed by atoms with Crippen LogP contribution in [-0.2, 0) is 15.0 Å². The standard InChI is InChI=1S/C17H24N2O2.C6H3N3O7/c1-18(2)11-8-16(21)19-12-9-17(14-20,10-13-19)15-6-4-3-5-7-15;10-6-4(8(13)14)1-3(7(11)12)2-5(6)9(15)16/h3-7,14H,8-13H2,1-2H3;1-2,10H. The van der Waals surface area contributed by atoms with E-state index in [1.165, 1.54) is 0 Å². The van der Waals surface area contributed by atoms with Crippen molar-refractivity contribution in [3.63, 3.8) is 0 Å². The number of piperidine rings is 1. The summed E-state index contributed by atoms with van der Waals surface area (Å²) in [5.41, 5.74) is -2.35. The maximum Gasteiger partial charge on any atom is 0.324 e. The summed E-state index contributed by atoms with van der Waals surface area (Å²) >= 11 is 0. The quantitative estimate of drug-likeness (QED) is 0.309. The number of phenols is 1. The molecular formula is C23H27N5O9. The second-order valence-electron chi connectivity index (χ2n) is 8.68. The van der Waals surface area contributed by atoms with Crippen LogP contribution in [0.4, 0.5) is 17.1 Å². The zero-order valence-electron chi connectivity index (χ0n) is 20.3. The average Bonchev–Trinajstić information content (AvgIpc) is 2.87. The van der Waals surface area contributed by atoms with E-state index in [1.807, 2.05) is 54.2 Å². The van der Waals surface area contributed by atoms with Crippen molar-refractivity contribution in [2.24, 2.45) is 0 Å². The lowest BCUT2D eigenvalue weighted by molar-refractivity contribution is -0.404. The van der Waals surface area contributed by atoms with Crippen LogP contribution in [0.25, 0.3) is 0 Å². The van der Waals surface area contributed by atoms with E-state index in [9.17, 15) is 39.9 Å². The normalized spacial score (nSPS) is 14.3. The molecule has 1 aliphatic rings. The molecule has 1 amide bonds. The van der Waals surface area contributed by atoms with Crippen molar-refractivity contribution < 1.29 is 29.5 Å². The maximum absolute atomic E-state index is 12.1. The van der Waals surface area contributed by atoms with Crippen LogP contribution in [0, 0.1) is 30.3 Å². The fourth-order valence-corrected chi connectivity index (χ4v) is 3.85. The number of benzene rings is 2. The van der Waals surface area contributed by atoms with Gasteiger partial charge in [0.05, 0.1) is 32.3 Å². The number of aldehydes is 1. The molecule has 0 atom stereocenters. The number of phenolic OH excluding ortho intramolecular Hbond substituents is 1. The van der Waals surface area contributed by atoms with Crippen LogP contribution in [0.2, 0.25) is 0 Å².